The van der Waals surface area contributed by atoms with Gasteiger partial charge in [0.15, 0.2) is 0 Å². The molecule has 2 heterocycles. The number of rotatable bonds is 4. The summed E-state index contributed by atoms with van der Waals surface area (Å²) < 4.78 is 0. The van der Waals surface area contributed by atoms with E-state index in [1.165, 1.54) is 67.4 Å². The highest BCUT2D eigenvalue weighted by Crippen LogP contribution is 2.40. The van der Waals surface area contributed by atoms with Crippen molar-refractivity contribution in [1.82, 2.24) is 5.32 Å². The molecule has 36 heavy (non-hydrogen) atoms. The average molecular weight is 476 g/mol. The first-order chi connectivity index (χ1) is 17.3. The van der Waals surface area contributed by atoms with Gasteiger partial charge >= 0.3 is 0 Å². The molecular weight excluding hydrogens is 438 g/mol. The molecule has 0 atom stereocenters. The summed E-state index contributed by atoms with van der Waals surface area (Å²) in [4.78, 5) is 5.09. The summed E-state index contributed by atoms with van der Waals surface area (Å²) in [5.74, 6) is 1.24. The van der Waals surface area contributed by atoms with Crippen molar-refractivity contribution in [2.75, 3.05) is 22.9 Å². The van der Waals surface area contributed by atoms with E-state index in [0.29, 0.717) is 0 Å². The van der Waals surface area contributed by atoms with Crippen LogP contribution in [-0.4, -0.2) is 13.1 Å². The van der Waals surface area contributed by atoms with Gasteiger partial charge in [-0.15, -0.1) is 0 Å². The molecule has 184 valence electrons. The molecule has 2 aliphatic rings. The second-order valence-corrected chi connectivity index (χ2v) is 10.4. The summed E-state index contributed by atoms with van der Waals surface area (Å²) in [5, 5.41) is 3.68. The van der Waals surface area contributed by atoms with Gasteiger partial charge in [-0.2, -0.15) is 0 Å². The molecule has 3 aromatic rings. The second kappa shape index (κ2) is 9.73. The van der Waals surface area contributed by atoms with Crippen molar-refractivity contribution in [3.05, 3.63) is 129 Å². The molecule has 1 fully saturated rings. The monoisotopic (exact) mass is 475 g/mol. The molecule has 0 spiro atoms. The lowest BCUT2D eigenvalue weighted by atomic mass is 9.98. The predicted molar refractivity (Wildman–Crippen MR) is 154 cm³/mol. The standard InChI is InChI=1S/C33H37N3/c1-22-17-24(3)31(25(4)18-22)35-15-16-36(32-26(5)19-23(2)20-27(32)6)33(35)30-29(13-10-14-34-30)21-28-11-8-7-9-12-28/h7-14,17-20,34H,15-16,21H2,1-6H3. The van der Waals surface area contributed by atoms with E-state index in [4.69, 9.17) is 0 Å². The molecule has 3 aromatic carbocycles. The third-order valence-electron chi connectivity index (χ3n) is 7.27. The highest BCUT2D eigenvalue weighted by Gasteiger charge is 2.34. The molecule has 0 amide bonds. The van der Waals surface area contributed by atoms with Crippen LogP contribution in [0.4, 0.5) is 11.4 Å². The number of hydrogen-bond acceptors (Lipinski definition) is 3. The maximum Gasteiger partial charge on any atom is 0.138 e. The molecule has 0 bridgehead atoms. The zero-order valence-electron chi connectivity index (χ0n) is 22.4. The maximum atomic E-state index is 3.68. The SMILES string of the molecule is Cc1cc(C)c(N2CCN(c3c(C)cc(C)cc3C)C2=C2NC=CC=C2Cc2ccccc2)c(C)c1. The fourth-order valence-corrected chi connectivity index (χ4v) is 6.10. The van der Waals surface area contributed by atoms with E-state index in [1.54, 1.807) is 0 Å². The van der Waals surface area contributed by atoms with Crippen LogP contribution in [0.5, 0.6) is 0 Å². The second-order valence-electron chi connectivity index (χ2n) is 10.4. The highest BCUT2D eigenvalue weighted by atomic mass is 15.4. The van der Waals surface area contributed by atoms with Crippen molar-refractivity contribution in [2.24, 2.45) is 0 Å². The lowest BCUT2D eigenvalue weighted by molar-refractivity contribution is 0.919. The number of hydrogen-bond donors (Lipinski definition) is 1. The van der Waals surface area contributed by atoms with Crippen LogP contribution in [0.15, 0.2) is 90.0 Å². The molecule has 0 aliphatic carbocycles. The van der Waals surface area contributed by atoms with Gasteiger partial charge in [0, 0.05) is 30.7 Å². The number of nitrogens with zero attached hydrogens (tertiary/aromatic N) is 2. The summed E-state index contributed by atoms with van der Waals surface area (Å²) >= 11 is 0. The summed E-state index contributed by atoms with van der Waals surface area (Å²) in [7, 11) is 0. The van der Waals surface area contributed by atoms with Gasteiger partial charge in [-0.05, 0) is 87.4 Å². The van der Waals surface area contributed by atoms with Crippen molar-refractivity contribution >= 4 is 11.4 Å². The van der Waals surface area contributed by atoms with Crippen LogP contribution < -0.4 is 15.1 Å². The number of dihydropyridines is 1. The van der Waals surface area contributed by atoms with Crippen LogP contribution in [0.2, 0.25) is 0 Å². The van der Waals surface area contributed by atoms with Crippen LogP contribution in [0.3, 0.4) is 0 Å². The molecule has 3 nitrogen and oxygen atoms in total. The molecule has 0 radical (unpaired) electrons. The minimum atomic E-state index is 0.885. The van der Waals surface area contributed by atoms with Gasteiger partial charge in [0.05, 0.1) is 5.70 Å². The van der Waals surface area contributed by atoms with Crippen molar-refractivity contribution in [2.45, 2.75) is 48.0 Å². The van der Waals surface area contributed by atoms with E-state index in [1.807, 2.05) is 0 Å². The van der Waals surface area contributed by atoms with Crippen LogP contribution in [-0.2, 0) is 6.42 Å². The molecule has 0 aromatic heterocycles. The highest BCUT2D eigenvalue weighted by molar-refractivity contribution is 5.74. The Morgan fingerprint density at radius 2 is 1.19 bits per heavy atom. The molecule has 0 unspecified atom stereocenters. The fourth-order valence-electron chi connectivity index (χ4n) is 6.10. The summed E-state index contributed by atoms with van der Waals surface area (Å²) in [6, 6.07) is 20.0. The minimum Gasteiger partial charge on any atom is -0.359 e. The molecule has 0 saturated carbocycles. The van der Waals surface area contributed by atoms with Crippen molar-refractivity contribution in [1.29, 1.82) is 0 Å². The zero-order chi connectivity index (χ0) is 25.4. The molecule has 1 N–H and O–H groups in total. The Kier molecular flexibility index (Phi) is 6.49. The molecule has 5 rings (SSSR count). The minimum absolute atomic E-state index is 0.885. The zero-order valence-corrected chi connectivity index (χ0v) is 22.4. The Hall–Kier alpha value is -3.72. The van der Waals surface area contributed by atoms with Crippen LogP contribution in [0.25, 0.3) is 0 Å². The first kappa shape index (κ1) is 24.0. The number of anilines is 2. The van der Waals surface area contributed by atoms with Gasteiger partial charge in [-0.3, -0.25) is 0 Å². The largest absolute Gasteiger partial charge is 0.359 e. The average Bonchev–Trinajstić information content (AvgIpc) is 3.22. The summed E-state index contributed by atoms with van der Waals surface area (Å²) in [6.45, 7) is 15.3. The van der Waals surface area contributed by atoms with Crippen LogP contribution in [0.1, 0.15) is 38.9 Å². The van der Waals surface area contributed by atoms with Crippen molar-refractivity contribution < 1.29 is 0 Å². The predicted octanol–water partition coefficient (Wildman–Crippen LogP) is 7.32. The smallest absolute Gasteiger partial charge is 0.138 e. The van der Waals surface area contributed by atoms with Crippen LogP contribution in [0, 0.1) is 41.5 Å². The first-order valence-corrected chi connectivity index (χ1v) is 12.9. The Balaban J connectivity index is 1.71. The van der Waals surface area contributed by atoms with Gasteiger partial charge in [0.1, 0.15) is 5.82 Å². The Bertz CT molecular complexity index is 1280. The van der Waals surface area contributed by atoms with E-state index in [0.717, 1.165) is 19.5 Å². The first-order valence-electron chi connectivity index (χ1n) is 12.9. The van der Waals surface area contributed by atoms with E-state index >= 15 is 0 Å². The van der Waals surface area contributed by atoms with Crippen molar-refractivity contribution in [3.63, 3.8) is 0 Å². The number of aryl methyl sites for hydroxylation is 6. The van der Waals surface area contributed by atoms with E-state index in [9.17, 15) is 0 Å². The van der Waals surface area contributed by atoms with E-state index in [-0.39, 0.29) is 0 Å². The normalized spacial score (nSPS) is 15.4. The van der Waals surface area contributed by atoms with Gasteiger partial charge in [-0.25, -0.2) is 0 Å². The summed E-state index contributed by atoms with van der Waals surface area (Å²) in [6.07, 6.45) is 7.34. The summed E-state index contributed by atoms with van der Waals surface area (Å²) in [5.41, 5.74) is 14.4. The van der Waals surface area contributed by atoms with Gasteiger partial charge in [0.25, 0.3) is 0 Å². The maximum absolute atomic E-state index is 3.68. The molecule has 2 aliphatic heterocycles. The van der Waals surface area contributed by atoms with Crippen molar-refractivity contribution in [3.8, 4) is 0 Å². The molecule has 1 saturated heterocycles. The molecule has 3 heteroatoms. The van der Waals surface area contributed by atoms with Crippen LogP contribution >= 0.6 is 0 Å². The third-order valence-corrected chi connectivity index (χ3v) is 7.27. The Morgan fingerprint density at radius 1 is 0.694 bits per heavy atom. The lowest BCUT2D eigenvalue weighted by Crippen LogP contribution is -2.31. The van der Waals surface area contributed by atoms with E-state index < -0.39 is 0 Å². The Morgan fingerprint density at radius 3 is 1.69 bits per heavy atom. The van der Waals surface area contributed by atoms with Gasteiger partial charge in [0.2, 0.25) is 0 Å². The van der Waals surface area contributed by atoms with Gasteiger partial charge < -0.3 is 15.1 Å². The number of benzene rings is 3. The third kappa shape index (κ3) is 4.46. The van der Waals surface area contributed by atoms with E-state index in [2.05, 4.69) is 130 Å². The lowest BCUT2D eigenvalue weighted by Gasteiger charge is -2.33. The number of nitrogens with one attached hydrogen (secondary N) is 1. The van der Waals surface area contributed by atoms with Gasteiger partial charge in [-0.1, -0.05) is 71.8 Å². The number of allylic oxidation sites excluding steroid dienone is 3. The quantitative estimate of drug-likeness (QED) is 0.426. The Labute approximate surface area is 216 Å². The molecular formula is C33H37N3. The topological polar surface area (TPSA) is 18.5 Å². The fraction of sp³-hybridized carbons (Fsp3) is 0.273.